The summed E-state index contributed by atoms with van der Waals surface area (Å²) in [7, 11) is 1.54. The van der Waals surface area contributed by atoms with E-state index in [0.717, 1.165) is 10.9 Å². The summed E-state index contributed by atoms with van der Waals surface area (Å²) >= 11 is 6.05. The summed E-state index contributed by atoms with van der Waals surface area (Å²) in [6.45, 7) is 1.96. The standard InChI is InChI=1S/C15H16ClN3O3/c1-7(20)19-6-8(5-16)13-9-3-10(15(22)17-2)18-14(9)12(21)4-11(13)19/h3-4,8,18,21H,5-6H2,1-2H3,(H,17,22). The van der Waals surface area contributed by atoms with Gasteiger partial charge in [0.15, 0.2) is 0 Å². The Morgan fingerprint density at radius 3 is 2.82 bits per heavy atom. The Balaban J connectivity index is 2.28. The highest BCUT2D eigenvalue weighted by molar-refractivity contribution is 6.19. The summed E-state index contributed by atoms with van der Waals surface area (Å²) in [5.41, 5.74) is 2.39. The Morgan fingerprint density at radius 2 is 2.23 bits per heavy atom. The number of benzene rings is 1. The zero-order chi connectivity index (χ0) is 16.0. The van der Waals surface area contributed by atoms with Crippen LogP contribution in [0.15, 0.2) is 12.1 Å². The van der Waals surface area contributed by atoms with Gasteiger partial charge in [0.05, 0.1) is 11.2 Å². The summed E-state index contributed by atoms with van der Waals surface area (Å²) in [5, 5.41) is 13.5. The van der Waals surface area contributed by atoms with Crippen LogP contribution in [0.2, 0.25) is 0 Å². The Hall–Kier alpha value is -2.21. The molecule has 2 heterocycles. The molecule has 2 aromatic rings. The molecule has 1 atom stereocenters. The number of anilines is 1. The Kier molecular flexibility index (Phi) is 3.48. The second-order valence-electron chi connectivity index (χ2n) is 5.36. The number of hydrogen-bond acceptors (Lipinski definition) is 3. The zero-order valence-corrected chi connectivity index (χ0v) is 13.0. The maximum absolute atomic E-state index is 11.8. The first kappa shape index (κ1) is 14.7. The van der Waals surface area contributed by atoms with Gasteiger partial charge in [-0.3, -0.25) is 9.59 Å². The summed E-state index contributed by atoms with van der Waals surface area (Å²) in [4.78, 5) is 28.1. The maximum Gasteiger partial charge on any atom is 0.267 e. The van der Waals surface area contributed by atoms with E-state index in [4.69, 9.17) is 11.6 Å². The van der Waals surface area contributed by atoms with Crippen LogP contribution in [-0.2, 0) is 4.79 Å². The van der Waals surface area contributed by atoms with E-state index in [0.29, 0.717) is 29.3 Å². The van der Waals surface area contributed by atoms with E-state index in [2.05, 4.69) is 10.3 Å². The number of hydrogen-bond donors (Lipinski definition) is 3. The number of nitrogens with one attached hydrogen (secondary N) is 2. The Labute approximate surface area is 132 Å². The molecule has 0 saturated carbocycles. The van der Waals surface area contributed by atoms with E-state index in [-0.39, 0.29) is 23.5 Å². The van der Waals surface area contributed by atoms with Crippen molar-refractivity contribution >= 4 is 40.0 Å². The lowest BCUT2D eigenvalue weighted by molar-refractivity contribution is -0.116. The van der Waals surface area contributed by atoms with E-state index >= 15 is 0 Å². The van der Waals surface area contributed by atoms with Crippen molar-refractivity contribution in [3.05, 3.63) is 23.4 Å². The SMILES string of the molecule is CNC(=O)c1cc2c3c(cc(O)c2[nH]1)N(C(C)=O)CC3CCl. The molecule has 0 bridgehead atoms. The molecule has 1 aromatic heterocycles. The summed E-state index contributed by atoms with van der Waals surface area (Å²) in [5.74, 6) is -0.0396. The lowest BCUT2D eigenvalue weighted by Gasteiger charge is -2.15. The number of aromatic nitrogens is 1. The van der Waals surface area contributed by atoms with Gasteiger partial charge in [-0.25, -0.2) is 0 Å². The van der Waals surface area contributed by atoms with E-state index in [1.807, 2.05) is 0 Å². The Morgan fingerprint density at radius 1 is 1.50 bits per heavy atom. The number of fused-ring (bicyclic) bond motifs is 3. The van der Waals surface area contributed by atoms with Crippen LogP contribution >= 0.6 is 11.6 Å². The average molecular weight is 322 g/mol. The van der Waals surface area contributed by atoms with Crippen LogP contribution in [0, 0.1) is 0 Å². The monoisotopic (exact) mass is 321 g/mol. The minimum Gasteiger partial charge on any atom is -0.506 e. The average Bonchev–Trinajstić information content (AvgIpc) is 3.07. The Bertz CT molecular complexity index is 784. The molecule has 6 nitrogen and oxygen atoms in total. The highest BCUT2D eigenvalue weighted by atomic mass is 35.5. The highest BCUT2D eigenvalue weighted by Crippen LogP contribution is 2.45. The van der Waals surface area contributed by atoms with Gasteiger partial charge in [0.2, 0.25) is 5.91 Å². The number of carbonyl (C=O) groups is 2. The van der Waals surface area contributed by atoms with Gasteiger partial charge in [0.25, 0.3) is 5.91 Å². The molecule has 0 aliphatic carbocycles. The largest absolute Gasteiger partial charge is 0.506 e. The van der Waals surface area contributed by atoms with Gasteiger partial charge in [0.1, 0.15) is 11.4 Å². The van der Waals surface area contributed by atoms with Crippen molar-refractivity contribution in [3.8, 4) is 5.75 Å². The summed E-state index contributed by atoms with van der Waals surface area (Å²) in [6.07, 6.45) is 0. The number of halogens is 1. The van der Waals surface area contributed by atoms with Gasteiger partial charge in [-0.05, 0) is 11.6 Å². The molecule has 2 amide bonds. The molecular weight excluding hydrogens is 306 g/mol. The number of H-pyrrole nitrogens is 1. The third kappa shape index (κ3) is 2.02. The molecule has 0 fully saturated rings. The van der Waals surface area contributed by atoms with E-state index in [1.165, 1.54) is 14.0 Å². The molecule has 116 valence electrons. The first-order valence-electron chi connectivity index (χ1n) is 6.92. The third-order valence-corrected chi connectivity index (χ3v) is 4.43. The molecule has 1 aliphatic rings. The molecule has 3 N–H and O–H groups in total. The van der Waals surface area contributed by atoms with Crippen molar-refractivity contribution in [2.24, 2.45) is 0 Å². The lowest BCUT2D eigenvalue weighted by Crippen LogP contribution is -2.27. The number of amides is 2. The maximum atomic E-state index is 11.8. The fourth-order valence-electron chi connectivity index (χ4n) is 3.03. The number of phenols is 1. The number of rotatable bonds is 2. The molecule has 22 heavy (non-hydrogen) atoms. The summed E-state index contributed by atoms with van der Waals surface area (Å²) < 4.78 is 0. The van der Waals surface area contributed by atoms with E-state index in [9.17, 15) is 14.7 Å². The number of aromatic hydroxyl groups is 1. The smallest absolute Gasteiger partial charge is 0.267 e. The highest BCUT2D eigenvalue weighted by Gasteiger charge is 2.33. The van der Waals surface area contributed by atoms with Crippen LogP contribution in [0.1, 0.15) is 28.9 Å². The van der Waals surface area contributed by atoms with Crippen LogP contribution in [0.4, 0.5) is 5.69 Å². The molecule has 1 aromatic carbocycles. The van der Waals surface area contributed by atoms with Gasteiger partial charge in [-0.15, -0.1) is 11.6 Å². The summed E-state index contributed by atoms with van der Waals surface area (Å²) in [6, 6.07) is 3.24. The topological polar surface area (TPSA) is 85.4 Å². The molecule has 0 radical (unpaired) electrons. The second kappa shape index (κ2) is 5.21. The number of aromatic amines is 1. The minimum atomic E-state index is -0.270. The minimum absolute atomic E-state index is 0.00498. The van der Waals surface area contributed by atoms with Crippen LogP contribution in [0.3, 0.4) is 0 Å². The number of carbonyl (C=O) groups excluding carboxylic acids is 2. The fourth-order valence-corrected chi connectivity index (χ4v) is 3.28. The van der Waals surface area contributed by atoms with Crippen molar-refractivity contribution in [3.63, 3.8) is 0 Å². The van der Waals surface area contributed by atoms with Crippen molar-refractivity contribution in [2.75, 3.05) is 24.4 Å². The third-order valence-electron chi connectivity index (χ3n) is 4.05. The molecule has 0 spiro atoms. The number of nitrogens with zero attached hydrogens (tertiary/aromatic N) is 1. The zero-order valence-electron chi connectivity index (χ0n) is 12.2. The fraction of sp³-hybridized carbons (Fsp3) is 0.333. The van der Waals surface area contributed by atoms with Crippen molar-refractivity contribution < 1.29 is 14.7 Å². The number of alkyl halides is 1. The molecule has 1 unspecified atom stereocenters. The van der Waals surface area contributed by atoms with Crippen molar-refractivity contribution in [1.82, 2.24) is 10.3 Å². The molecular formula is C15H16ClN3O3. The van der Waals surface area contributed by atoms with E-state index in [1.54, 1.807) is 17.0 Å². The van der Waals surface area contributed by atoms with Gasteiger partial charge in [0, 0.05) is 43.8 Å². The molecule has 7 heteroatoms. The van der Waals surface area contributed by atoms with Crippen LogP contribution in [0.5, 0.6) is 5.75 Å². The number of phenolic OH excluding ortho intramolecular Hbond substituents is 1. The van der Waals surface area contributed by atoms with E-state index < -0.39 is 0 Å². The molecule has 1 aliphatic heterocycles. The first-order chi connectivity index (χ1) is 10.5. The van der Waals surface area contributed by atoms with Gasteiger partial charge < -0.3 is 20.3 Å². The predicted molar refractivity (Wildman–Crippen MR) is 84.8 cm³/mol. The molecule has 3 rings (SSSR count). The normalized spacial score (nSPS) is 16.9. The molecule has 0 saturated heterocycles. The lowest BCUT2D eigenvalue weighted by atomic mass is 9.98. The van der Waals surface area contributed by atoms with Crippen molar-refractivity contribution in [2.45, 2.75) is 12.8 Å². The predicted octanol–water partition coefficient (Wildman–Crippen LogP) is 1.92. The van der Waals surface area contributed by atoms with Gasteiger partial charge in [-0.1, -0.05) is 0 Å². The van der Waals surface area contributed by atoms with Gasteiger partial charge >= 0.3 is 0 Å². The van der Waals surface area contributed by atoms with Crippen LogP contribution < -0.4 is 10.2 Å². The van der Waals surface area contributed by atoms with Crippen LogP contribution in [-0.4, -0.2) is 41.4 Å². The first-order valence-corrected chi connectivity index (χ1v) is 7.46. The van der Waals surface area contributed by atoms with Crippen LogP contribution in [0.25, 0.3) is 10.9 Å². The van der Waals surface area contributed by atoms with Crippen molar-refractivity contribution in [1.29, 1.82) is 0 Å². The second-order valence-corrected chi connectivity index (χ2v) is 5.67. The quantitative estimate of drug-likeness (QED) is 0.739. The van der Waals surface area contributed by atoms with Gasteiger partial charge in [-0.2, -0.15) is 0 Å².